The first kappa shape index (κ1) is 17.0. The molecule has 1 saturated heterocycles. The zero-order chi connectivity index (χ0) is 18.0. The molecule has 0 spiro atoms. The molecule has 1 aliphatic heterocycles. The van der Waals surface area contributed by atoms with Crippen LogP contribution in [-0.4, -0.2) is 33.6 Å². The molecule has 11 heteroatoms. The topological polar surface area (TPSA) is 162 Å². The number of hydrogen-bond donors (Lipinski definition) is 2. The second kappa shape index (κ2) is 6.40. The van der Waals surface area contributed by atoms with Crippen LogP contribution in [0.3, 0.4) is 0 Å². The predicted octanol–water partition coefficient (Wildman–Crippen LogP) is 0.346. The van der Waals surface area contributed by atoms with Crippen LogP contribution in [0.1, 0.15) is 28.8 Å². The highest BCUT2D eigenvalue weighted by molar-refractivity contribution is 6.04. The smallest absolute Gasteiger partial charge is 0.279 e. The maximum Gasteiger partial charge on any atom is 0.279 e. The number of piperidine rings is 1. The molecule has 1 aromatic rings. The van der Waals surface area contributed by atoms with E-state index in [4.69, 9.17) is 0 Å². The van der Waals surface area contributed by atoms with Gasteiger partial charge >= 0.3 is 0 Å². The van der Waals surface area contributed by atoms with E-state index < -0.39 is 45.0 Å². The molecule has 2 N–H and O–H groups in total. The average Bonchev–Trinajstić information content (AvgIpc) is 2.49. The summed E-state index contributed by atoms with van der Waals surface area (Å²) in [4.78, 5) is 55.2. The van der Waals surface area contributed by atoms with Crippen molar-refractivity contribution >= 4 is 29.1 Å². The molecule has 3 amide bonds. The van der Waals surface area contributed by atoms with E-state index in [1.165, 1.54) is 6.92 Å². The van der Waals surface area contributed by atoms with Gasteiger partial charge in [0.25, 0.3) is 17.3 Å². The predicted molar refractivity (Wildman–Crippen MR) is 78.1 cm³/mol. The molecule has 2 rings (SSSR count). The minimum absolute atomic E-state index is 0.0326. The van der Waals surface area contributed by atoms with Gasteiger partial charge in [0, 0.05) is 18.6 Å². The van der Waals surface area contributed by atoms with Crippen LogP contribution >= 0.6 is 0 Å². The van der Waals surface area contributed by atoms with Crippen LogP contribution in [0.4, 0.5) is 11.4 Å². The van der Waals surface area contributed by atoms with Crippen molar-refractivity contribution in [2.24, 2.45) is 0 Å². The van der Waals surface area contributed by atoms with Crippen molar-refractivity contribution in [2.75, 3.05) is 0 Å². The number of benzene rings is 1. The van der Waals surface area contributed by atoms with E-state index in [-0.39, 0.29) is 24.0 Å². The fourth-order valence-corrected chi connectivity index (χ4v) is 2.27. The first-order chi connectivity index (χ1) is 11.2. The van der Waals surface area contributed by atoms with Crippen molar-refractivity contribution in [3.05, 3.63) is 43.5 Å². The summed E-state index contributed by atoms with van der Waals surface area (Å²) in [6.07, 6.45) is 0.108. The fraction of sp³-hybridized carbons (Fsp3) is 0.308. The Morgan fingerprint density at radius 3 is 2.21 bits per heavy atom. The van der Waals surface area contributed by atoms with Gasteiger partial charge in [-0.25, -0.2) is 0 Å². The summed E-state index contributed by atoms with van der Waals surface area (Å²) in [5.41, 5.74) is -1.64. The molecule has 1 aliphatic rings. The average molecular weight is 336 g/mol. The van der Waals surface area contributed by atoms with Crippen LogP contribution in [0.5, 0.6) is 0 Å². The first-order valence-electron chi connectivity index (χ1n) is 6.78. The molecule has 1 aromatic carbocycles. The number of rotatable bonds is 4. The van der Waals surface area contributed by atoms with Gasteiger partial charge < -0.3 is 5.32 Å². The van der Waals surface area contributed by atoms with Gasteiger partial charge in [0.05, 0.1) is 15.4 Å². The molecular weight excluding hydrogens is 324 g/mol. The van der Waals surface area contributed by atoms with Crippen LogP contribution < -0.4 is 10.6 Å². The number of nitrogens with one attached hydrogen (secondary N) is 2. The molecule has 0 aliphatic carbocycles. The van der Waals surface area contributed by atoms with Gasteiger partial charge in [-0.05, 0) is 13.3 Å². The van der Waals surface area contributed by atoms with E-state index in [2.05, 4.69) is 5.32 Å². The molecule has 24 heavy (non-hydrogen) atoms. The number of nitro benzene ring substituents is 2. The summed E-state index contributed by atoms with van der Waals surface area (Å²) in [5.74, 6) is -2.04. The van der Waals surface area contributed by atoms with Crippen LogP contribution in [-0.2, 0) is 9.59 Å². The monoisotopic (exact) mass is 336 g/mol. The molecule has 0 radical (unpaired) electrons. The van der Waals surface area contributed by atoms with Gasteiger partial charge in [-0.15, -0.1) is 0 Å². The lowest BCUT2D eigenvalue weighted by molar-refractivity contribution is -0.395. The van der Waals surface area contributed by atoms with Gasteiger partial charge in [-0.1, -0.05) is 0 Å². The lowest BCUT2D eigenvalue weighted by Crippen LogP contribution is -2.52. The molecule has 1 fully saturated rings. The van der Waals surface area contributed by atoms with Crippen LogP contribution in [0.15, 0.2) is 12.1 Å². The van der Waals surface area contributed by atoms with Gasteiger partial charge in [-0.3, -0.25) is 39.9 Å². The van der Waals surface area contributed by atoms with Gasteiger partial charge in [-0.2, -0.15) is 0 Å². The number of carbonyl (C=O) groups excluding carboxylic acids is 3. The number of hydrogen-bond acceptors (Lipinski definition) is 7. The summed E-state index contributed by atoms with van der Waals surface area (Å²) in [6, 6.07) is 0.822. The number of carbonyl (C=O) groups is 3. The lowest BCUT2D eigenvalue weighted by Gasteiger charge is -2.21. The minimum atomic E-state index is -0.991. The Kier molecular flexibility index (Phi) is 4.53. The quantitative estimate of drug-likeness (QED) is 0.455. The molecule has 0 saturated carbocycles. The molecule has 0 bridgehead atoms. The van der Waals surface area contributed by atoms with Crippen molar-refractivity contribution in [2.45, 2.75) is 25.8 Å². The number of nitrogens with zero attached hydrogens (tertiary/aromatic N) is 2. The standard InChI is InChI=1S/C13H12N4O7/c1-6-9(16(21)22)4-7(5-10(6)17(23)24)12(19)14-8-2-3-11(18)15-13(8)20/h4-5,8H,2-3H2,1H3,(H,14,19)(H,15,18,20). The molecule has 1 atom stereocenters. The van der Waals surface area contributed by atoms with Crippen molar-refractivity contribution < 1.29 is 24.2 Å². The SMILES string of the molecule is Cc1c([N+](=O)[O-])cc(C(=O)NC2CCC(=O)NC2=O)cc1[N+](=O)[O-]. The Labute approximate surface area is 134 Å². The summed E-state index contributed by atoms with van der Waals surface area (Å²) >= 11 is 0. The van der Waals surface area contributed by atoms with Gasteiger partial charge in [0.2, 0.25) is 11.8 Å². The third kappa shape index (κ3) is 3.34. The molecule has 0 aromatic heterocycles. The van der Waals surface area contributed by atoms with Crippen LogP contribution in [0.25, 0.3) is 0 Å². The van der Waals surface area contributed by atoms with Gasteiger partial charge in [0.1, 0.15) is 11.6 Å². The van der Waals surface area contributed by atoms with Crippen molar-refractivity contribution in [3.63, 3.8) is 0 Å². The highest BCUT2D eigenvalue weighted by Gasteiger charge is 2.30. The number of nitro groups is 2. The lowest BCUT2D eigenvalue weighted by atomic mass is 10.0. The summed E-state index contributed by atoms with van der Waals surface area (Å²) in [7, 11) is 0. The Morgan fingerprint density at radius 1 is 1.21 bits per heavy atom. The third-order valence-electron chi connectivity index (χ3n) is 3.55. The van der Waals surface area contributed by atoms with Crippen LogP contribution in [0.2, 0.25) is 0 Å². The minimum Gasteiger partial charge on any atom is -0.340 e. The van der Waals surface area contributed by atoms with E-state index in [9.17, 15) is 34.6 Å². The zero-order valence-corrected chi connectivity index (χ0v) is 12.4. The van der Waals surface area contributed by atoms with Crippen molar-refractivity contribution in [3.8, 4) is 0 Å². The van der Waals surface area contributed by atoms with E-state index in [0.29, 0.717) is 0 Å². The number of imide groups is 1. The highest BCUT2D eigenvalue weighted by Crippen LogP contribution is 2.29. The molecule has 1 heterocycles. The summed E-state index contributed by atoms with van der Waals surface area (Å²) in [5, 5.41) is 26.4. The Hall–Kier alpha value is -3.37. The Morgan fingerprint density at radius 2 is 1.75 bits per heavy atom. The molecule has 1 unspecified atom stereocenters. The molecule has 11 nitrogen and oxygen atoms in total. The Balaban J connectivity index is 2.32. The second-order valence-electron chi connectivity index (χ2n) is 5.13. The van der Waals surface area contributed by atoms with E-state index in [1.807, 2.05) is 5.32 Å². The maximum absolute atomic E-state index is 12.2. The molecule has 126 valence electrons. The molecular formula is C13H12N4O7. The number of amides is 3. The first-order valence-corrected chi connectivity index (χ1v) is 6.78. The fourth-order valence-electron chi connectivity index (χ4n) is 2.27. The summed E-state index contributed by atoms with van der Waals surface area (Å²) < 4.78 is 0. The van der Waals surface area contributed by atoms with E-state index >= 15 is 0 Å². The zero-order valence-electron chi connectivity index (χ0n) is 12.4. The second-order valence-corrected chi connectivity index (χ2v) is 5.13. The van der Waals surface area contributed by atoms with Crippen molar-refractivity contribution in [1.29, 1.82) is 0 Å². The normalized spacial score (nSPS) is 17.1. The van der Waals surface area contributed by atoms with E-state index in [1.54, 1.807) is 0 Å². The third-order valence-corrected chi connectivity index (χ3v) is 3.55. The highest BCUT2D eigenvalue weighted by atomic mass is 16.6. The van der Waals surface area contributed by atoms with Crippen LogP contribution in [0, 0.1) is 27.2 Å². The van der Waals surface area contributed by atoms with E-state index in [0.717, 1.165) is 12.1 Å². The summed E-state index contributed by atoms with van der Waals surface area (Å²) in [6.45, 7) is 1.21. The Bertz CT molecular complexity index is 739. The van der Waals surface area contributed by atoms with Crippen molar-refractivity contribution in [1.82, 2.24) is 10.6 Å². The maximum atomic E-state index is 12.2. The largest absolute Gasteiger partial charge is 0.340 e. The van der Waals surface area contributed by atoms with Gasteiger partial charge in [0.15, 0.2) is 0 Å².